The lowest BCUT2D eigenvalue weighted by Gasteiger charge is -2.39. The molecule has 0 spiro atoms. The number of ether oxygens (including phenoxy) is 3. The number of carbonyl (C=O) groups is 2. The van der Waals surface area contributed by atoms with E-state index < -0.39 is 18.2 Å². The van der Waals surface area contributed by atoms with Gasteiger partial charge in [-0.3, -0.25) is 9.59 Å². The Kier molecular flexibility index (Phi) is 8.43. The molecule has 0 amide bonds. The molecule has 3 atom stereocenters. The Hall–Kier alpha value is -2.51. The second-order valence-electron chi connectivity index (χ2n) is 9.22. The number of halogens is 1. The van der Waals surface area contributed by atoms with Gasteiger partial charge in [-0.15, -0.1) is 0 Å². The highest BCUT2D eigenvalue weighted by atomic mass is 19.1. The van der Waals surface area contributed by atoms with Gasteiger partial charge in [-0.2, -0.15) is 0 Å². The fraction of sp³-hybridized carbons (Fsp3) is 0.538. The van der Waals surface area contributed by atoms with Crippen molar-refractivity contribution in [3.05, 3.63) is 53.4 Å². The van der Waals surface area contributed by atoms with Gasteiger partial charge in [-0.1, -0.05) is 32.1 Å². The Bertz CT molecular complexity index is 902. The maximum absolute atomic E-state index is 13.6. The van der Waals surface area contributed by atoms with E-state index in [0.29, 0.717) is 19.4 Å². The van der Waals surface area contributed by atoms with Crippen LogP contribution in [0.25, 0.3) is 5.57 Å². The number of benzene rings is 1. The summed E-state index contributed by atoms with van der Waals surface area (Å²) >= 11 is 0. The van der Waals surface area contributed by atoms with Crippen molar-refractivity contribution in [1.29, 1.82) is 0 Å². The molecule has 3 rings (SSSR count). The molecule has 1 aliphatic carbocycles. The molecule has 0 aromatic heterocycles. The molecule has 1 N–H and O–H groups in total. The van der Waals surface area contributed by atoms with E-state index in [0.717, 1.165) is 23.1 Å². The second kappa shape index (κ2) is 11.1. The standard InChI is InChI=1S/C26H33FO6/c1-4-31-24(29)11-12-32-21-15-22(17-5-7-18(27)8-6-17)23(26(2,3)16-21)10-9-20-13-19(28)14-25(30)33-20/h5-10,19-21,28H,4,11-16H2,1-3H3. The van der Waals surface area contributed by atoms with E-state index in [4.69, 9.17) is 14.2 Å². The number of aliphatic hydroxyl groups is 1. The third-order valence-corrected chi connectivity index (χ3v) is 6.05. The topological polar surface area (TPSA) is 82.1 Å². The zero-order chi connectivity index (χ0) is 24.0. The third-order valence-electron chi connectivity index (χ3n) is 6.05. The Labute approximate surface area is 194 Å². The summed E-state index contributed by atoms with van der Waals surface area (Å²) in [5, 5.41) is 9.90. The van der Waals surface area contributed by atoms with Gasteiger partial charge in [-0.25, -0.2) is 4.39 Å². The minimum atomic E-state index is -0.706. The second-order valence-corrected chi connectivity index (χ2v) is 9.22. The first-order chi connectivity index (χ1) is 15.7. The SMILES string of the molecule is CCOC(=O)CCOC1CC(c2ccc(F)cc2)=C(C=CC2CC(O)CC(=O)O2)C(C)(C)C1. The number of esters is 2. The van der Waals surface area contributed by atoms with Gasteiger partial charge in [0.15, 0.2) is 0 Å². The van der Waals surface area contributed by atoms with E-state index >= 15 is 0 Å². The molecule has 7 heteroatoms. The summed E-state index contributed by atoms with van der Waals surface area (Å²) in [6, 6.07) is 6.36. The lowest BCUT2D eigenvalue weighted by molar-refractivity contribution is -0.156. The molecule has 1 saturated heterocycles. The van der Waals surface area contributed by atoms with E-state index in [1.165, 1.54) is 12.1 Å². The van der Waals surface area contributed by atoms with Crippen LogP contribution in [0.15, 0.2) is 42.0 Å². The zero-order valence-corrected chi connectivity index (χ0v) is 19.5. The van der Waals surface area contributed by atoms with Crippen LogP contribution < -0.4 is 0 Å². The highest BCUT2D eigenvalue weighted by Crippen LogP contribution is 2.45. The predicted molar refractivity (Wildman–Crippen MR) is 122 cm³/mol. The summed E-state index contributed by atoms with van der Waals surface area (Å²) in [4.78, 5) is 23.4. The van der Waals surface area contributed by atoms with Crippen molar-refractivity contribution in [3.8, 4) is 0 Å². The molecule has 0 saturated carbocycles. The third kappa shape index (κ3) is 6.98. The summed E-state index contributed by atoms with van der Waals surface area (Å²) in [5.41, 5.74) is 2.68. The fourth-order valence-corrected chi connectivity index (χ4v) is 4.54. The molecule has 1 fully saturated rings. The van der Waals surface area contributed by atoms with Crippen LogP contribution in [0.5, 0.6) is 0 Å². The number of rotatable bonds is 8. The first-order valence-electron chi connectivity index (χ1n) is 11.5. The summed E-state index contributed by atoms with van der Waals surface area (Å²) in [5.74, 6) is -0.999. The number of carbonyl (C=O) groups excluding carboxylic acids is 2. The van der Waals surface area contributed by atoms with E-state index in [-0.39, 0.29) is 42.8 Å². The molecule has 1 aromatic carbocycles. The van der Waals surface area contributed by atoms with Crippen LogP contribution in [0.1, 0.15) is 58.4 Å². The molecule has 0 bridgehead atoms. The van der Waals surface area contributed by atoms with Gasteiger partial charge in [0, 0.05) is 6.42 Å². The van der Waals surface area contributed by atoms with E-state index in [9.17, 15) is 19.1 Å². The van der Waals surface area contributed by atoms with Crippen molar-refractivity contribution in [1.82, 2.24) is 0 Å². The number of hydrogen-bond donors (Lipinski definition) is 1. The molecular formula is C26H33FO6. The quantitative estimate of drug-likeness (QED) is 0.581. The molecule has 0 radical (unpaired) electrons. The molecule has 180 valence electrons. The average molecular weight is 461 g/mol. The summed E-state index contributed by atoms with van der Waals surface area (Å²) in [6.07, 6.45) is 4.39. The summed E-state index contributed by atoms with van der Waals surface area (Å²) < 4.78 is 30.0. The predicted octanol–water partition coefficient (Wildman–Crippen LogP) is 4.36. The normalized spacial score (nSPS) is 25.2. The molecule has 1 heterocycles. The Morgan fingerprint density at radius 2 is 2.00 bits per heavy atom. The zero-order valence-electron chi connectivity index (χ0n) is 19.5. The smallest absolute Gasteiger partial charge is 0.309 e. The number of allylic oxidation sites excluding steroid dienone is 2. The van der Waals surface area contributed by atoms with Gasteiger partial charge < -0.3 is 19.3 Å². The van der Waals surface area contributed by atoms with Crippen molar-refractivity contribution in [3.63, 3.8) is 0 Å². The fourth-order valence-electron chi connectivity index (χ4n) is 4.54. The molecule has 3 unspecified atom stereocenters. The molecule has 6 nitrogen and oxygen atoms in total. The van der Waals surface area contributed by atoms with Gasteiger partial charge in [0.1, 0.15) is 11.9 Å². The Balaban J connectivity index is 1.85. The van der Waals surface area contributed by atoms with Crippen LogP contribution in [0.4, 0.5) is 4.39 Å². The maximum Gasteiger partial charge on any atom is 0.309 e. The number of cyclic esters (lactones) is 1. The van der Waals surface area contributed by atoms with Crippen LogP contribution in [0, 0.1) is 11.2 Å². The van der Waals surface area contributed by atoms with Crippen LogP contribution in [0.3, 0.4) is 0 Å². The monoisotopic (exact) mass is 460 g/mol. The minimum absolute atomic E-state index is 0.0180. The van der Waals surface area contributed by atoms with Gasteiger partial charge in [0.2, 0.25) is 0 Å². The van der Waals surface area contributed by atoms with E-state index in [1.807, 2.05) is 12.2 Å². The van der Waals surface area contributed by atoms with Crippen molar-refractivity contribution in [2.45, 2.75) is 71.2 Å². The van der Waals surface area contributed by atoms with Crippen LogP contribution in [0.2, 0.25) is 0 Å². The van der Waals surface area contributed by atoms with Crippen molar-refractivity contribution < 1.29 is 33.3 Å². The van der Waals surface area contributed by atoms with Gasteiger partial charge >= 0.3 is 11.9 Å². The van der Waals surface area contributed by atoms with E-state index in [2.05, 4.69) is 13.8 Å². The average Bonchev–Trinajstić information content (AvgIpc) is 2.72. The summed E-state index contributed by atoms with van der Waals surface area (Å²) in [7, 11) is 0. The molecule has 1 aromatic rings. The van der Waals surface area contributed by atoms with Crippen LogP contribution in [-0.2, 0) is 23.8 Å². The Morgan fingerprint density at radius 3 is 2.67 bits per heavy atom. The van der Waals surface area contributed by atoms with Crippen molar-refractivity contribution in [2.75, 3.05) is 13.2 Å². The van der Waals surface area contributed by atoms with Gasteiger partial charge in [-0.05, 0) is 60.1 Å². The van der Waals surface area contributed by atoms with E-state index in [1.54, 1.807) is 19.1 Å². The lowest BCUT2D eigenvalue weighted by atomic mass is 9.69. The van der Waals surface area contributed by atoms with Crippen LogP contribution in [-0.4, -0.2) is 48.6 Å². The molecule has 2 aliphatic rings. The molecular weight excluding hydrogens is 427 g/mol. The van der Waals surface area contributed by atoms with Crippen molar-refractivity contribution >= 4 is 17.5 Å². The minimum Gasteiger partial charge on any atom is -0.466 e. The Morgan fingerprint density at radius 1 is 1.27 bits per heavy atom. The first-order valence-corrected chi connectivity index (χ1v) is 11.5. The first kappa shape index (κ1) is 25.1. The summed E-state index contributed by atoms with van der Waals surface area (Å²) in [6.45, 7) is 6.61. The number of hydrogen-bond acceptors (Lipinski definition) is 6. The maximum atomic E-state index is 13.6. The highest BCUT2D eigenvalue weighted by Gasteiger charge is 2.35. The van der Waals surface area contributed by atoms with Crippen LogP contribution >= 0.6 is 0 Å². The van der Waals surface area contributed by atoms with Crippen molar-refractivity contribution in [2.24, 2.45) is 5.41 Å². The largest absolute Gasteiger partial charge is 0.466 e. The van der Waals surface area contributed by atoms with Gasteiger partial charge in [0.05, 0.1) is 38.3 Å². The molecule has 33 heavy (non-hydrogen) atoms. The lowest BCUT2D eigenvalue weighted by Crippen LogP contribution is -2.32. The van der Waals surface area contributed by atoms with Gasteiger partial charge in [0.25, 0.3) is 0 Å². The molecule has 1 aliphatic heterocycles. The number of aliphatic hydroxyl groups excluding tert-OH is 1. The highest BCUT2D eigenvalue weighted by molar-refractivity contribution is 5.74.